The van der Waals surface area contributed by atoms with Crippen LogP contribution in [0.3, 0.4) is 0 Å². The molecule has 21 heavy (non-hydrogen) atoms. The third-order valence-corrected chi connectivity index (χ3v) is 3.14. The van der Waals surface area contributed by atoms with Crippen molar-refractivity contribution in [1.29, 1.82) is 0 Å². The fraction of sp³-hybridized carbons (Fsp3) is 0.0769. The van der Waals surface area contributed by atoms with Crippen LogP contribution in [0.5, 0.6) is 0 Å². The Morgan fingerprint density at radius 1 is 1.14 bits per heavy atom. The molecule has 2 N–H and O–H groups in total. The van der Waals surface area contributed by atoms with E-state index in [1.807, 2.05) is 0 Å². The van der Waals surface area contributed by atoms with Gasteiger partial charge in [0.1, 0.15) is 5.15 Å². The Morgan fingerprint density at radius 2 is 1.90 bits per heavy atom. The predicted octanol–water partition coefficient (Wildman–Crippen LogP) is 3.65. The number of benzene rings is 1. The van der Waals surface area contributed by atoms with Crippen molar-refractivity contribution in [2.75, 3.05) is 5.73 Å². The summed E-state index contributed by atoms with van der Waals surface area (Å²) in [5.41, 5.74) is 5.74. The molecule has 0 unspecified atom stereocenters. The van der Waals surface area contributed by atoms with E-state index in [9.17, 15) is 13.2 Å². The maximum absolute atomic E-state index is 12.7. The summed E-state index contributed by atoms with van der Waals surface area (Å²) in [6.45, 7) is 0. The van der Waals surface area contributed by atoms with Gasteiger partial charge in [0.2, 0.25) is 0 Å². The third kappa shape index (κ3) is 2.52. The zero-order valence-electron chi connectivity index (χ0n) is 10.4. The minimum absolute atomic E-state index is 0.290. The number of hydrogen-bond acceptors (Lipinski definition) is 3. The van der Waals surface area contributed by atoms with Gasteiger partial charge in [0.25, 0.3) is 0 Å². The molecule has 0 aliphatic rings. The van der Waals surface area contributed by atoms with E-state index in [0.29, 0.717) is 22.1 Å². The van der Waals surface area contributed by atoms with E-state index in [2.05, 4.69) is 10.1 Å². The summed E-state index contributed by atoms with van der Waals surface area (Å²) in [6, 6.07) is 6.74. The average molecular weight is 313 g/mol. The molecule has 0 aliphatic carbocycles. The number of imidazole rings is 1. The van der Waals surface area contributed by atoms with Gasteiger partial charge in [-0.15, -0.1) is 0 Å². The average Bonchev–Trinajstić information content (AvgIpc) is 2.80. The fourth-order valence-corrected chi connectivity index (χ4v) is 2.12. The Hall–Kier alpha value is -2.28. The molecule has 3 rings (SSSR count). The summed E-state index contributed by atoms with van der Waals surface area (Å²) in [5, 5.41) is 4.30. The molecular formula is C13H8ClF3N4. The standard InChI is InChI=1S/C13H8ClF3N4/c14-11-3-4-12-19-10(6-21(12)20-11)7-1-2-8(9(18)5-7)13(15,16)17/h1-6H,18H2. The lowest BCUT2D eigenvalue weighted by atomic mass is 10.1. The predicted molar refractivity (Wildman–Crippen MR) is 72.8 cm³/mol. The van der Waals surface area contributed by atoms with Crippen LogP contribution in [0.25, 0.3) is 16.9 Å². The Bertz CT molecular complexity index is 826. The van der Waals surface area contributed by atoms with Crippen molar-refractivity contribution in [3.05, 3.63) is 47.2 Å². The Labute approximate surface area is 122 Å². The normalized spacial score (nSPS) is 12.0. The van der Waals surface area contributed by atoms with Crippen LogP contribution in [0.1, 0.15) is 5.56 Å². The van der Waals surface area contributed by atoms with Crippen molar-refractivity contribution in [3.63, 3.8) is 0 Å². The maximum atomic E-state index is 12.7. The first-order valence-corrected chi connectivity index (χ1v) is 6.21. The molecule has 8 heteroatoms. The number of halogens is 4. The van der Waals surface area contributed by atoms with Gasteiger partial charge in [-0.2, -0.15) is 18.3 Å². The van der Waals surface area contributed by atoms with Crippen molar-refractivity contribution in [2.45, 2.75) is 6.18 Å². The van der Waals surface area contributed by atoms with Crippen LogP contribution in [0.15, 0.2) is 36.5 Å². The van der Waals surface area contributed by atoms with Crippen molar-refractivity contribution in [2.24, 2.45) is 0 Å². The van der Waals surface area contributed by atoms with Crippen LogP contribution in [0.2, 0.25) is 5.15 Å². The summed E-state index contributed by atoms with van der Waals surface area (Å²) in [4.78, 5) is 4.26. The Morgan fingerprint density at radius 3 is 2.57 bits per heavy atom. The number of hydrogen-bond donors (Lipinski definition) is 1. The van der Waals surface area contributed by atoms with Crippen LogP contribution in [0, 0.1) is 0 Å². The molecule has 4 nitrogen and oxygen atoms in total. The number of nitrogens with two attached hydrogens (primary N) is 1. The molecule has 1 aromatic carbocycles. The fourth-order valence-electron chi connectivity index (χ4n) is 1.98. The molecule has 0 spiro atoms. The van der Waals surface area contributed by atoms with Gasteiger partial charge in [0.05, 0.1) is 17.5 Å². The summed E-state index contributed by atoms with van der Waals surface area (Å²) in [5.74, 6) is 0. The van der Waals surface area contributed by atoms with Crippen molar-refractivity contribution >= 4 is 22.9 Å². The molecule has 0 fully saturated rings. The molecule has 0 atom stereocenters. The number of alkyl halides is 3. The van der Waals surface area contributed by atoms with E-state index in [4.69, 9.17) is 17.3 Å². The maximum Gasteiger partial charge on any atom is 0.418 e. The second-order valence-electron chi connectivity index (χ2n) is 4.38. The Balaban J connectivity index is 2.08. The molecule has 108 valence electrons. The molecule has 3 aromatic rings. The van der Waals surface area contributed by atoms with Gasteiger partial charge >= 0.3 is 6.18 Å². The van der Waals surface area contributed by atoms with E-state index >= 15 is 0 Å². The minimum Gasteiger partial charge on any atom is -0.398 e. The van der Waals surface area contributed by atoms with Gasteiger partial charge in [-0.1, -0.05) is 17.7 Å². The minimum atomic E-state index is -4.48. The largest absolute Gasteiger partial charge is 0.418 e. The highest BCUT2D eigenvalue weighted by Crippen LogP contribution is 2.35. The van der Waals surface area contributed by atoms with Gasteiger partial charge in [-0.3, -0.25) is 0 Å². The highest BCUT2D eigenvalue weighted by Gasteiger charge is 2.32. The molecule has 2 aromatic heterocycles. The zero-order chi connectivity index (χ0) is 15.2. The number of rotatable bonds is 1. The molecule has 0 saturated carbocycles. The number of anilines is 1. The summed E-state index contributed by atoms with van der Waals surface area (Å²) >= 11 is 5.77. The first-order valence-electron chi connectivity index (χ1n) is 5.83. The van der Waals surface area contributed by atoms with E-state index in [-0.39, 0.29) is 5.69 Å². The zero-order valence-corrected chi connectivity index (χ0v) is 11.2. The number of aromatic nitrogens is 3. The summed E-state index contributed by atoms with van der Waals surface area (Å²) in [6.07, 6.45) is -2.90. The van der Waals surface area contributed by atoms with Crippen LogP contribution >= 0.6 is 11.6 Å². The van der Waals surface area contributed by atoms with Crippen molar-refractivity contribution in [1.82, 2.24) is 14.6 Å². The second kappa shape index (κ2) is 4.63. The topological polar surface area (TPSA) is 56.2 Å². The van der Waals surface area contributed by atoms with E-state index in [0.717, 1.165) is 6.07 Å². The van der Waals surface area contributed by atoms with E-state index in [1.165, 1.54) is 16.6 Å². The second-order valence-corrected chi connectivity index (χ2v) is 4.77. The summed E-state index contributed by atoms with van der Waals surface area (Å²) in [7, 11) is 0. The monoisotopic (exact) mass is 312 g/mol. The molecule has 0 radical (unpaired) electrons. The Kier molecular flexibility index (Phi) is 3.02. The molecule has 0 aliphatic heterocycles. The van der Waals surface area contributed by atoms with Gasteiger partial charge in [-0.25, -0.2) is 9.50 Å². The van der Waals surface area contributed by atoms with Crippen LogP contribution in [-0.2, 0) is 6.18 Å². The first-order chi connectivity index (χ1) is 9.84. The van der Waals surface area contributed by atoms with Gasteiger partial charge in [0.15, 0.2) is 5.65 Å². The van der Waals surface area contributed by atoms with Crippen LogP contribution < -0.4 is 5.73 Å². The molecule has 0 saturated heterocycles. The molecular weight excluding hydrogens is 305 g/mol. The molecule has 0 amide bonds. The number of nitrogens with zero attached hydrogens (tertiary/aromatic N) is 3. The van der Waals surface area contributed by atoms with Crippen molar-refractivity contribution < 1.29 is 13.2 Å². The van der Waals surface area contributed by atoms with E-state index in [1.54, 1.807) is 18.3 Å². The quantitative estimate of drug-likeness (QED) is 0.698. The lowest BCUT2D eigenvalue weighted by molar-refractivity contribution is -0.136. The lowest BCUT2D eigenvalue weighted by Gasteiger charge is -2.10. The van der Waals surface area contributed by atoms with E-state index < -0.39 is 11.7 Å². The lowest BCUT2D eigenvalue weighted by Crippen LogP contribution is -2.08. The molecule has 2 heterocycles. The number of fused-ring (bicyclic) bond motifs is 1. The highest BCUT2D eigenvalue weighted by molar-refractivity contribution is 6.29. The number of nitrogen functional groups attached to an aromatic ring is 1. The third-order valence-electron chi connectivity index (χ3n) is 2.94. The van der Waals surface area contributed by atoms with Gasteiger partial charge < -0.3 is 5.73 Å². The molecule has 0 bridgehead atoms. The van der Waals surface area contributed by atoms with Crippen molar-refractivity contribution in [3.8, 4) is 11.3 Å². The first kappa shape index (κ1) is 13.7. The highest BCUT2D eigenvalue weighted by atomic mass is 35.5. The smallest absolute Gasteiger partial charge is 0.398 e. The SMILES string of the molecule is Nc1cc(-c2cn3nc(Cl)ccc3n2)ccc1C(F)(F)F. The van der Waals surface area contributed by atoms with Crippen LogP contribution in [0.4, 0.5) is 18.9 Å². The summed E-state index contributed by atoms with van der Waals surface area (Å²) < 4.78 is 39.5. The van der Waals surface area contributed by atoms with Gasteiger partial charge in [0, 0.05) is 11.3 Å². The van der Waals surface area contributed by atoms with Gasteiger partial charge in [-0.05, 0) is 24.3 Å². The van der Waals surface area contributed by atoms with Crippen LogP contribution in [-0.4, -0.2) is 14.6 Å².